The second-order valence-electron chi connectivity index (χ2n) is 5.00. The average Bonchev–Trinajstić information content (AvgIpc) is 2.32. The van der Waals surface area contributed by atoms with Crippen molar-refractivity contribution in [2.24, 2.45) is 5.73 Å². The average molecular weight is 281 g/mol. The molecule has 3 N–H and O–H groups in total. The highest BCUT2D eigenvalue weighted by Gasteiger charge is 2.28. The lowest BCUT2D eigenvalue weighted by Crippen LogP contribution is -2.46. The Morgan fingerprint density at radius 3 is 2.79 bits per heavy atom. The maximum Gasteiger partial charge on any atom is 0.153 e. The summed E-state index contributed by atoms with van der Waals surface area (Å²) in [5.74, 6) is 0.460. The molecule has 1 aromatic carbocycles. The van der Waals surface area contributed by atoms with Gasteiger partial charge in [0.1, 0.15) is 5.84 Å². The van der Waals surface area contributed by atoms with Gasteiger partial charge in [0.15, 0.2) is 9.84 Å². The third kappa shape index (κ3) is 3.33. The predicted molar refractivity (Wildman–Crippen MR) is 76.0 cm³/mol. The minimum Gasteiger partial charge on any atom is -0.384 e. The van der Waals surface area contributed by atoms with E-state index in [1.54, 1.807) is 0 Å². The SMILES string of the molecule is CC1CS(=O)(=O)CCN1Cc1ccccc1C(=N)N. The second-order valence-corrected chi connectivity index (χ2v) is 7.23. The van der Waals surface area contributed by atoms with Gasteiger partial charge in [0.2, 0.25) is 0 Å². The summed E-state index contributed by atoms with van der Waals surface area (Å²) < 4.78 is 23.1. The number of nitrogens with zero attached hydrogens (tertiary/aromatic N) is 1. The molecular formula is C13H19N3O2S. The quantitative estimate of drug-likeness (QED) is 0.627. The van der Waals surface area contributed by atoms with Gasteiger partial charge in [-0.3, -0.25) is 10.3 Å². The van der Waals surface area contributed by atoms with Gasteiger partial charge in [0, 0.05) is 24.7 Å². The van der Waals surface area contributed by atoms with E-state index in [0.29, 0.717) is 13.1 Å². The molecule has 104 valence electrons. The van der Waals surface area contributed by atoms with Crippen molar-refractivity contribution in [3.05, 3.63) is 35.4 Å². The Morgan fingerprint density at radius 1 is 1.47 bits per heavy atom. The zero-order valence-corrected chi connectivity index (χ0v) is 11.8. The van der Waals surface area contributed by atoms with Crippen LogP contribution in [0, 0.1) is 5.41 Å². The van der Waals surface area contributed by atoms with Crippen LogP contribution in [0.1, 0.15) is 18.1 Å². The van der Waals surface area contributed by atoms with Crippen LogP contribution in [0.4, 0.5) is 0 Å². The fourth-order valence-electron chi connectivity index (χ4n) is 2.41. The first-order chi connectivity index (χ1) is 8.89. The third-order valence-corrected chi connectivity index (χ3v) is 5.28. The fourth-order valence-corrected chi connectivity index (χ4v) is 4.03. The van der Waals surface area contributed by atoms with E-state index in [1.807, 2.05) is 31.2 Å². The number of nitrogens with one attached hydrogen (secondary N) is 1. The molecule has 0 aromatic heterocycles. The lowest BCUT2D eigenvalue weighted by Gasteiger charge is -2.33. The number of sulfone groups is 1. The number of nitrogens with two attached hydrogens (primary N) is 1. The molecule has 1 fully saturated rings. The summed E-state index contributed by atoms with van der Waals surface area (Å²) in [6, 6.07) is 7.52. The van der Waals surface area contributed by atoms with Crippen molar-refractivity contribution in [3.8, 4) is 0 Å². The van der Waals surface area contributed by atoms with Gasteiger partial charge >= 0.3 is 0 Å². The van der Waals surface area contributed by atoms with Crippen LogP contribution in [0.2, 0.25) is 0 Å². The summed E-state index contributed by atoms with van der Waals surface area (Å²) in [6.07, 6.45) is 0. The number of amidine groups is 1. The molecule has 0 aliphatic carbocycles. The monoisotopic (exact) mass is 281 g/mol. The summed E-state index contributed by atoms with van der Waals surface area (Å²) in [7, 11) is -2.89. The molecule has 0 amide bonds. The fraction of sp³-hybridized carbons (Fsp3) is 0.462. The lowest BCUT2D eigenvalue weighted by molar-refractivity contribution is 0.218. The van der Waals surface area contributed by atoms with Crippen LogP contribution in [-0.4, -0.2) is 43.2 Å². The summed E-state index contributed by atoms with van der Waals surface area (Å²) in [4.78, 5) is 2.13. The van der Waals surface area contributed by atoms with Crippen LogP contribution >= 0.6 is 0 Å². The van der Waals surface area contributed by atoms with E-state index in [-0.39, 0.29) is 23.4 Å². The van der Waals surface area contributed by atoms with Gasteiger partial charge in [0.05, 0.1) is 11.5 Å². The van der Waals surface area contributed by atoms with Crippen LogP contribution in [0.15, 0.2) is 24.3 Å². The molecule has 0 radical (unpaired) electrons. The minimum atomic E-state index is -2.89. The van der Waals surface area contributed by atoms with Gasteiger partial charge in [0.25, 0.3) is 0 Å². The Labute approximate surface area is 113 Å². The van der Waals surface area contributed by atoms with E-state index < -0.39 is 9.84 Å². The van der Waals surface area contributed by atoms with E-state index in [4.69, 9.17) is 11.1 Å². The Hall–Kier alpha value is -1.40. The van der Waals surface area contributed by atoms with Gasteiger partial charge in [-0.2, -0.15) is 0 Å². The second kappa shape index (κ2) is 5.30. The zero-order valence-electron chi connectivity index (χ0n) is 11.0. The van der Waals surface area contributed by atoms with E-state index in [0.717, 1.165) is 11.1 Å². The van der Waals surface area contributed by atoms with Crippen molar-refractivity contribution in [1.29, 1.82) is 5.41 Å². The molecule has 1 heterocycles. The molecule has 5 nitrogen and oxygen atoms in total. The van der Waals surface area contributed by atoms with E-state index in [9.17, 15) is 8.42 Å². The smallest absolute Gasteiger partial charge is 0.153 e. The highest BCUT2D eigenvalue weighted by Crippen LogP contribution is 2.17. The van der Waals surface area contributed by atoms with Gasteiger partial charge in [-0.05, 0) is 12.5 Å². The Bertz CT molecular complexity index is 583. The van der Waals surface area contributed by atoms with Crippen molar-refractivity contribution in [2.45, 2.75) is 19.5 Å². The molecule has 1 aliphatic heterocycles. The highest BCUT2D eigenvalue weighted by atomic mass is 32.2. The molecule has 1 aromatic rings. The zero-order chi connectivity index (χ0) is 14.0. The lowest BCUT2D eigenvalue weighted by atomic mass is 10.1. The summed E-state index contributed by atoms with van der Waals surface area (Å²) in [5, 5.41) is 7.57. The molecule has 19 heavy (non-hydrogen) atoms. The first-order valence-electron chi connectivity index (χ1n) is 6.26. The van der Waals surface area contributed by atoms with Crippen molar-refractivity contribution in [1.82, 2.24) is 4.90 Å². The first-order valence-corrected chi connectivity index (χ1v) is 8.08. The number of benzene rings is 1. The molecule has 0 saturated carbocycles. The number of nitrogen functional groups attached to an aromatic ring is 1. The number of hydrogen-bond donors (Lipinski definition) is 2. The minimum absolute atomic E-state index is 0.00114. The van der Waals surface area contributed by atoms with E-state index in [2.05, 4.69) is 4.90 Å². The van der Waals surface area contributed by atoms with Gasteiger partial charge in [-0.25, -0.2) is 8.42 Å². The molecule has 0 spiro atoms. The highest BCUT2D eigenvalue weighted by molar-refractivity contribution is 7.91. The standard InChI is InChI=1S/C13H19N3O2S/c1-10-9-19(17,18)7-6-16(10)8-11-4-2-3-5-12(11)13(14)15/h2-5,10H,6-9H2,1H3,(H3,14,15). The van der Waals surface area contributed by atoms with Crippen molar-refractivity contribution in [3.63, 3.8) is 0 Å². The first kappa shape index (κ1) is 14.0. The number of rotatable bonds is 3. The summed E-state index contributed by atoms with van der Waals surface area (Å²) >= 11 is 0. The maximum absolute atomic E-state index is 11.6. The largest absolute Gasteiger partial charge is 0.384 e. The van der Waals surface area contributed by atoms with Crippen LogP contribution in [0.3, 0.4) is 0 Å². The Morgan fingerprint density at radius 2 is 2.16 bits per heavy atom. The van der Waals surface area contributed by atoms with Crippen LogP contribution in [0.5, 0.6) is 0 Å². The molecule has 2 rings (SSSR count). The van der Waals surface area contributed by atoms with E-state index in [1.165, 1.54) is 0 Å². The predicted octanol–water partition coefficient (Wildman–Crippen LogP) is 0.590. The molecule has 1 aliphatic rings. The Balaban J connectivity index is 2.16. The van der Waals surface area contributed by atoms with Crippen molar-refractivity contribution >= 4 is 15.7 Å². The number of hydrogen-bond acceptors (Lipinski definition) is 4. The summed E-state index contributed by atoms with van der Waals surface area (Å²) in [6.45, 7) is 3.09. The summed E-state index contributed by atoms with van der Waals surface area (Å²) in [5.41, 5.74) is 7.26. The molecule has 6 heteroatoms. The third-order valence-electron chi connectivity index (χ3n) is 3.49. The van der Waals surface area contributed by atoms with Crippen molar-refractivity contribution in [2.75, 3.05) is 18.1 Å². The van der Waals surface area contributed by atoms with Crippen LogP contribution in [-0.2, 0) is 16.4 Å². The van der Waals surface area contributed by atoms with Gasteiger partial charge in [-0.1, -0.05) is 24.3 Å². The van der Waals surface area contributed by atoms with Gasteiger partial charge in [-0.15, -0.1) is 0 Å². The molecular weight excluding hydrogens is 262 g/mol. The maximum atomic E-state index is 11.6. The van der Waals surface area contributed by atoms with Crippen LogP contribution in [0.25, 0.3) is 0 Å². The van der Waals surface area contributed by atoms with Crippen molar-refractivity contribution < 1.29 is 8.42 Å². The molecule has 0 bridgehead atoms. The van der Waals surface area contributed by atoms with E-state index >= 15 is 0 Å². The molecule has 1 unspecified atom stereocenters. The van der Waals surface area contributed by atoms with Gasteiger partial charge < -0.3 is 5.73 Å². The molecule has 1 atom stereocenters. The topological polar surface area (TPSA) is 87.2 Å². The molecule has 1 saturated heterocycles. The Kier molecular flexibility index (Phi) is 3.91. The van der Waals surface area contributed by atoms with Crippen LogP contribution < -0.4 is 5.73 Å². The normalized spacial score (nSPS) is 23.1.